The molecule has 0 N–H and O–H groups in total. The zero-order valence-corrected chi connectivity index (χ0v) is 12.6. The predicted octanol–water partition coefficient (Wildman–Crippen LogP) is 3.37. The summed E-state index contributed by atoms with van der Waals surface area (Å²) in [5, 5.41) is 0. The number of carbonyl (C=O) groups is 2. The highest BCUT2D eigenvalue weighted by Crippen LogP contribution is 2.32. The van der Waals surface area contributed by atoms with Crippen LogP contribution in [0.4, 0.5) is 4.39 Å². The number of Topliss-reactive ketones (excluding diaryl/α,β-unsaturated/α-hetero) is 2. The van der Waals surface area contributed by atoms with Crippen molar-refractivity contribution in [2.45, 2.75) is 39.8 Å². The topological polar surface area (TPSA) is 52.6 Å². The van der Waals surface area contributed by atoms with Gasteiger partial charge in [-0.05, 0) is 32.4 Å². The third kappa shape index (κ3) is 4.28. The molecule has 0 aliphatic carbocycles. The van der Waals surface area contributed by atoms with Crippen molar-refractivity contribution >= 4 is 11.6 Å². The second-order valence-corrected chi connectivity index (χ2v) is 4.44. The van der Waals surface area contributed by atoms with Gasteiger partial charge in [-0.1, -0.05) is 13.0 Å². The van der Waals surface area contributed by atoms with Crippen LogP contribution in [0.15, 0.2) is 18.2 Å². The van der Waals surface area contributed by atoms with Crippen LogP contribution in [0.1, 0.15) is 44.0 Å². The van der Waals surface area contributed by atoms with E-state index >= 15 is 0 Å². The molecule has 0 heterocycles. The van der Waals surface area contributed by atoms with Gasteiger partial charge in [0, 0.05) is 6.42 Å². The fraction of sp³-hybridized carbons (Fsp3) is 0.500. The molecule has 0 fully saturated rings. The van der Waals surface area contributed by atoms with E-state index in [9.17, 15) is 14.0 Å². The maximum atomic E-state index is 14.0. The van der Waals surface area contributed by atoms with Crippen molar-refractivity contribution in [2.75, 3.05) is 13.2 Å². The number of ether oxygens (including phenoxy) is 2. The molecule has 5 heteroatoms. The molecule has 0 bridgehead atoms. The number of hydrogen-bond donors (Lipinski definition) is 0. The fourth-order valence-electron chi connectivity index (χ4n) is 1.93. The standard InChI is InChI=1S/C16H21FO4/c1-4-8-12(18)14(17)15(19)11-9-7-10-13(20-5-2)16(11)21-6-3/h7,9-10,14H,4-6,8H2,1-3H3. The smallest absolute Gasteiger partial charge is 0.220 e. The van der Waals surface area contributed by atoms with Gasteiger partial charge in [-0.15, -0.1) is 0 Å². The number of para-hydroxylation sites is 1. The van der Waals surface area contributed by atoms with E-state index in [1.165, 1.54) is 6.07 Å². The molecule has 0 aliphatic heterocycles. The summed E-state index contributed by atoms with van der Waals surface area (Å²) >= 11 is 0. The highest BCUT2D eigenvalue weighted by atomic mass is 19.1. The van der Waals surface area contributed by atoms with E-state index < -0.39 is 17.7 Å². The second-order valence-electron chi connectivity index (χ2n) is 4.44. The number of halogens is 1. The lowest BCUT2D eigenvalue weighted by atomic mass is 10.0. The van der Waals surface area contributed by atoms with E-state index in [-0.39, 0.29) is 17.7 Å². The van der Waals surface area contributed by atoms with Gasteiger partial charge in [0.05, 0.1) is 18.8 Å². The Labute approximate surface area is 124 Å². The highest BCUT2D eigenvalue weighted by molar-refractivity contribution is 6.14. The lowest BCUT2D eigenvalue weighted by molar-refractivity contribution is -0.122. The van der Waals surface area contributed by atoms with E-state index in [2.05, 4.69) is 0 Å². The van der Waals surface area contributed by atoms with E-state index in [4.69, 9.17) is 9.47 Å². The SMILES string of the molecule is CCCC(=O)C(F)C(=O)c1cccc(OCC)c1OCC. The van der Waals surface area contributed by atoms with Crippen LogP contribution in [0, 0.1) is 0 Å². The summed E-state index contributed by atoms with van der Waals surface area (Å²) in [4.78, 5) is 23.8. The molecule has 0 spiro atoms. The minimum atomic E-state index is -2.15. The minimum absolute atomic E-state index is 0.0414. The highest BCUT2D eigenvalue weighted by Gasteiger charge is 2.29. The van der Waals surface area contributed by atoms with Crippen LogP contribution in [-0.2, 0) is 4.79 Å². The summed E-state index contributed by atoms with van der Waals surface area (Å²) in [7, 11) is 0. The van der Waals surface area contributed by atoms with Gasteiger partial charge in [0.1, 0.15) is 0 Å². The molecule has 0 aliphatic rings. The van der Waals surface area contributed by atoms with Gasteiger partial charge in [0.15, 0.2) is 17.3 Å². The number of alkyl halides is 1. The van der Waals surface area contributed by atoms with Gasteiger partial charge >= 0.3 is 0 Å². The fourth-order valence-corrected chi connectivity index (χ4v) is 1.93. The number of rotatable bonds is 9. The Bertz CT molecular complexity index is 499. The first-order valence-corrected chi connectivity index (χ1v) is 7.16. The van der Waals surface area contributed by atoms with E-state index in [1.54, 1.807) is 32.9 Å². The molecule has 21 heavy (non-hydrogen) atoms. The Balaban J connectivity index is 3.13. The van der Waals surface area contributed by atoms with Crippen LogP contribution in [0.25, 0.3) is 0 Å². The monoisotopic (exact) mass is 296 g/mol. The summed E-state index contributed by atoms with van der Waals surface area (Å²) in [5.74, 6) is -1.01. The third-order valence-corrected chi connectivity index (χ3v) is 2.84. The number of hydrogen-bond acceptors (Lipinski definition) is 4. The van der Waals surface area contributed by atoms with Crippen molar-refractivity contribution in [1.29, 1.82) is 0 Å². The van der Waals surface area contributed by atoms with Gasteiger partial charge < -0.3 is 9.47 Å². The Morgan fingerprint density at radius 1 is 1.14 bits per heavy atom. The summed E-state index contributed by atoms with van der Waals surface area (Å²) < 4.78 is 24.8. The lowest BCUT2D eigenvalue weighted by Crippen LogP contribution is -2.26. The zero-order chi connectivity index (χ0) is 15.8. The van der Waals surface area contributed by atoms with Gasteiger partial charge in [0.25, 0.3) is 0 Å². The van der Waals surface area contributed by atoms with Gasteiger partial charge in [-0.25, -0.2) is 4.39 Å². The molecule has 0 saturated heterocycles. The molecule has 0 radical (unpaired) electrons. The molecule has 0 saturated carbocycles. The Hall–Kier alpha value is -1.91. The summed E-state index contributed by atoms with van der Waals surface area (Å²) in [6, 6.07) is 4.67. The molecule has 116 valence electrons. The average molecular weight is 296 g/mol. The van der Waals surface area contributed by atoms with Crippen LogP contribution in [0.3, 0.4) is 0 Å². The second kappa shape index (κ2) is 8.39. The largest absolute Gasteiger partial charge is 0.490 e. The lowest BCUT2D eigenvalue weighted by Gasteiger charge is -2.15. The molecule has 1 aromatic carbocycles. The summed E-state index contributed by atoms with van der Waals surface area (Å²) in [6.07, 6.45) is -1.60. The molecule has 4 nitrogen and oxygen atoms in total. The van der Waals surface area contributed by atoms with E-state index in [0.717, 1.165) is 0 Å². The number of carbonyl (C=O) groups excluding carboxylic acids is 2. The molecule has 1 unspecified atom stereocenters. The first kappa shape index (κ1) is 17.1. The molecule has 1 aromatic rings. The van der Waals surface area contributed by atoms with Crippen LogP contribution in [-0.4, -0.2) is 31.0 Å². The molecule has 0 amide bonds. The normalized spacial score (nSPS) is 11.8. The third-order valence-electron chi connectivity index (χ3n) is 2.84. The van der Waals surface area contributed by atoms with Gasteiger partial charge in [0.2, 0.25) is 12.0 Å². The van der Waals surface area contributed by atoms with Crippen molar-refractivity contribution in [3.05, 3.63) is 23.8 Å². The predicted molar refractivity (Wildman–Crippen MR) is 77.9 cm³/mol. The Morgan fingerprint density at radius 2 is 1.81 bits per heavy atom. The maximum absolute atomic E-state index is 14.0. The van der Waals surface area contributed by atoms with Crippen LogP contribution in [0.2, 0.25) is 0 Å². The first-order chi connectivity index (χ1) is 10.1. The van der Waals surface area contributed by atoms with Crippen molar-refractivity contribution in [1.82, 2.24) is 0 Å². The summed E-state index contributed by atoms with van der Waals surface area (Å²) in [5.41, 5.74) is 0.0414. The van der Waals surface area contributed by atoms with Crippen molar-refractivity contribution in [2.24, 2.45) is 0 Å². The average Bonchev–Trinajstić information content (AvgIpc) is 2.48. The van der Waals surface area contributed by atoms with Crippen LogP contribution >= 0.6 is 0 Å². The quantitative estimate of drug-likeness (QED) is 0.518. The van der Waals surface area contributed by atoms with Gasteiger partial charge in [-0.2, -0.15) is 0 Å². The van der Waals surface area contributed by atoms with Crippen molar-refractivity contribution in [3.8, 4) is 11.5 Å². The molecular formula is C16H21FO4. The minimum Gasteiger partial charge on any atom is -0.490 e. The Morgan fingerprint density at radius 3 is 2.38 bits per heavy atom. The van der Waals surface area contributed by atoms with Crippen LogP contribution in [0.5, 0.6) is 11.5 Å². The molecule has 1 rings (SSSR count). The van der Waals surface area contributed by atoms with Gasteiger partial charge in [-0.3, -0.25) is 9.59 Å². The molecule has 0 aromatic heterocycles. The number of ketones is 2. The van der Waals surface area contributed by atoms with Crippen molar-refractivity contribution < 1.29 is 23.5 Å². The van der Waals surface area contributed by atoms with Crippen LogP contribution < -0.4 is 9.47 Å². The Kier molecular flexibility index (Phi) is 6.85. The maximum Gasteiger partial charge on any atom is 0.220 e. The molecular weight excluding hydrogens is 275 g/mol. The molecule has 1 atom stereocenters. The number of benzene rings is 1. The first-order valence-electron chi connectivity index (χ1n) is 7.16. The van der Waals surface area contributed by atoms with Crippen molar-refractivity contribution in [3.63, 3.8) is 0 Å². The zero-order valence-electron chi connectivity index (χ0n) is 12.6. The van der Waals surface area contributed by atoms with E-state index in [1.807, 2.05) is 0 Å². The van der Waals surface area contributed by atoms with E-state index in [0.29, 0.717) is 25.4 Å². The summed E-state index contributed by atoms with van der Waals surface area (Å²) in [6.45, 7) is 6.02.